The van der Waals surface area contributed by atoms with Crippen LogP contribution in [0.5, 0.6) is 0 Å². The first kappa shape index (κ1) is 15.5. The number of hydrogen-bond acceptors (Lipinski definition) is 4. The Morgan fingerprint density at radius 1 is 1.19 bits per heavy atom. The molecule has 1 heterocycles. The fourth-order valence-corrected chi connectivity index (χ4v) is 2.17. The average molecular weight is 312 g/mol. The van der Waals surface area contributed by atoms with Gasteiger partial charge in [-0.15, -0.1) is 0 Å². The number of nitrogens with zero attached hydrogens (tertiary/aromatic N) is 2. The second-order valence-electron chi connectivity index (χ2n) is 4.24. The monoisotopic (exact) mass is 312 g/mol. The van der Waals surface area contributed by atoms with Crippen molar-refractivity contribution in [3.63, 3.8) is 0 Å². The van der Waals surface area contributed by atoms with Crippen molar-refractivity contribution in [2.45, 2.75) is 17.3 Å². The molecule has 0 aliphatic heterocycles. The van der Waals surface area contributed by atoms with Crippen LogP contribution in [0, 0.1) is 0 Å². The van der Waals surface area contributed by atoms with Gasteiger partial charge in [-0.05, 0) is 17.9 Å². The lowest BCUT2D eigenvalue weighted by atomic mass is 9.93. The maximum atomic E-state index is 12.7. The molecule has 110 valence electrons. The van der Waals surface area contributed by atoms with E-state index in [1.165, 1.54) is 36.3 Å². The highest BCUT2D eigenvalue weighted by molar-refractivity contribution is 7.98. The summed E-state index contributed by atoms with van der Waals surface area (Å²) in [6.45, 7) is 0. The third-order valence-electron chi connectivity index (χ3n) is 2.90. The summed E-state index contributed by atoms with van der Waals surface area (Å²) >= 11 is 1.34. The molecule has 2 aromatic rings. The molecular weight excluding hydrogens is 301 g/mol. The van der Waals surface area contributed by atoms with Gasteiger partial charge in [0, 0.05) is 18.0 Å². The molecule has 0 aliphatic carbocycles. The minimum atomic E-state index is -4.44. The number of rotatable bonds is 4. The van der Waals surface area contributed by atoms with Gasteiger partial charge >= 0.3 is 6.18 Å². The van der Waals surface area contributed by atoms with E-state index in [1.807, 2.05) is 0 Å². The third kappa shape index (κ3) is 3.60. The molecule has 1 aromatic carbocycles. The van der Waals surface area contributed by atoms with Crippen LogP contribution in [0.15, 0.2) is 41.8 Å². The Morgan fingerprint density at radius 2 is 1.86 bits per heavy atom. The standard InChI is InChI=1S/C14H11F3N2OS/c1-21-13-18-6-10(7-19-13)12(8-20)9-3-2-4-11(5-9)14(15,16)17/h2-8,12H,1H3. The van der Waals surface area contributed by atoms with Crippen LogP contribution in [0.1, 0.15) is 22.6 Å². The summed E-state index contributed by atoms with van der Waals surface area (Å²) in [6, 6.07) is 4.71. The van der Waals surface area contributed by atoms with E-state index in [9.17, 15) is 18.0 Å². The molecule has 3 nitrogen and oxygen atoms in total. The van der Waals surface area contributed by atoms with E-state index < -0.39 is 17.7 Å². The number of alkyl halides is 3. The molecule has 0 fully saturated rings. The van der Waals surface area contributed by atoms with Gasteiger partial charge in [-0.2, -0.15) is 13.2 Å². The van der Waals surface area contributed by atoms with Gasteiger partial charge in [-0.1, -0.05) is 30.0 Å². The lowest BCUT2D eigenvalue weighted by Gasteiger charge is -2.13. The lowest BCUT2D eigenvalue weighted by molar-refractivity contribution is -0.137. The zero-order valence-electron chi connectivity index (χ0n) is 11.0. The van der Waals surface area contributed by atoms with E-state index in [0.717, 1.165) is 12.1 Å². The Hall–Kier alpha value is -1.89. The van der Waals surface area contributed by atoms with Gasteiger partial charge < -0.3 is 4.79 Å². The zero-order chi connectivity index (χ0) is 15.5. The van der Waals surface area contributed by atoms with Crippen molar-refractivity contribution in [2.75, 3.05) is 6.26 Å². The van der Waals surface area contributed by atoms with E-state index in [1.54, 1.807) is 6.26 Å². The number of thioether (sulfide) groups is 1. The Kier molecular flexibility index (Phi) is 4.62. The number of aldehydes is 1. The summed E-state index contributed by atoms with van der Waals surface area (Å²) in [4.78, 5) is 19.3. The first-order valence-corrected chi connectivity index (χ1v) is 7.16. The van der Waals surface area contributed by atoms with E-state index >= 15 is 0 Å². The van der Waals surface area contributed by atoms with Gasteiger partial charge in [0.15, 0.2) is 5.16 Å². The van der Waals surface area contributed by atoms with Gasteiger partial charge in [-0.25, -0.2) is 9.97 Å². The van der Waals surface area contributed by atoms with Crippen LogP contribution in [0.2, 0.25) is 0 Å². The Morgan fingerprint density at radius 3 is 2.38 bits per heavy atom. The van der Waals surface area contributed by atoms with E-state index in [0.29, 0.717) is 17.0 Å². The SMILES string of the molecule is CSc1ncc(C(C=O)c2cccc(C(F)(F)F)c2)cn1. The van der Waals surface area contributed by atoms with Crippen molar-refractivity contribution in [2.24, 2.45) is 0 Å². The number of carbonyl (C=O) groups excluding carboxylic acids is 1. The molecule has 0 saturated heterocycles. The second-order valence-corrected chi connectivity index (χ2v) is 5.01. The summed E-state index contributed by atoms with van der Waals surface area (Å²) in [5, 5.41) is 0.535. The van der Waals surface area contributed by atoms with Crippen LogP contribution >= 0.6 is 11.8 Å². The topological polar surface area (TPSA) is 42.9 Å². The van der Waals surface area contributed by atoms with Crippen molar-refractivity contribution in [1.82, 2.24) is 9.97 Å². The van der Waals surface area contributed by atoms with Crippen LogP contribution in [-0.4, -0.2) is 22.5 Å². The Labute approximate surface area is 123 Å². The lowest BCUT2D eigenvalue weighted by Crippen LogP contribution is -2.09. The predicted molar refractivity (Wildman–Crippen MR) is 73.2 cm³/mol. The van der Waals surface area contributed by atoms with Gasteiger partial charge in [-0.3, -0.25) is 0 Å². The number of halogens is 3. The summed E-state index contributed by atoms with van der Waals surface area (Å²) in [5.41, 5.74) is -0.0593. The normalized spacial score (nSPS) is 13.0. The molecule has 21 heavy (non-hydrogen) atoms. The predicted octanol–water partition coefficient (Wildman–Crippen LogP) is 3.55. The largest absolute Gasteiger partial charge is 0.416 e. The molecule has 0 amide bonds. The van der Waals surface area contributed by atoms with Crippen molar-refractivity contribution in [1.29, 1.82) is 0 Å². The minimum absolute atomic E-state index is 0.264. The number of aromatic nitrogens is 2. The maximum absolute atomic E-state index is 12.7. The van der Waals surface area contributed by atoms with Crippen LogP contribution in [-0.2, 0) is 11.0 Å². The number of hydrogen-bond donors (Lipinski definition) is 0. The van der Waals surface area contributed by atoms with Crippen LogP contribution in [0.4, 0.5) is 13.2 Å². The fourth-order valence-electron chi connectivity index (χ4n) is 1.85. The first-order chi connectivity index (χ1) is 9.95. The van der Waals surface area contributed by atoms with Gasteiger partial charge in [0.2, 0.25) is 0 Å². The van der Waals surface area contributed by atoms with E-state index in [-0.39, 0.29) is 5.56 Å². The molecule has 0 bridgehead atoms. The Balaban J connectivity index is 2.39. The van der Waals surface area contributed by atoms with Crippen LogP contribution < -0.4 is 0 Å². The fraction of sp³-hybridized carbons (Fsp3) is 0.214. The summed E-state index contributed by atoms with van der Waals surface area (Å²) in [6.07, 6.45) is 0.866. The molecule has 0 N–H and O–H groups in total. The molecule has 1 unspecified atom stereocenters. The molecular formula is C14H11F3N2OS. The highest BCUT2D eigenvalue weighted by Gasteiger charge is 2.31. The average Bonchev–Trinajstić information content (AvgIpc) is 2.48. The molecule has 0 radical (unpaired) electrons. The zero-order valence-corrected chi connectivity index (χ0v) is 11.8. The molecule has 1 aromatic heterocycles. The quantitative estimate of drug-likeness (QED) is 0.492. The van der Waals surface area contributed by atoms with Gasteiger partial charge in [0.05, 0.1) is 11.5 Å². The highest BCUT2D eigenvalue weighted by Crippen LogP contribution is 2.32. The molecule has 0 aliphatic rings. The van der Waals surface area contributed by atoms with E-state index in [2.05, 4.69) is 9.97 Å². The molecule has 0 spiro atoms. The van der Waals surface area contributed by atoms with Gasteiger partial charge in [0.1, 0.15) is 6.29 Å². The summed E-state index contributed by atoms with van der Waals surface area (Å²) in [5.74, 6) is -0.816. The van der Waals surface area contributed by atoms with Crippen molar-refractivity contribution < 1.29 is 18.0 Å². The van der Waals surface area contributed by atoms with Gasteiger partial charge in [0.25, 0.3) is 0 Å². The van der Waals surface area contributed by atoms with Crippen molar-refractivity contribution in [3.05, 3.63) is 53.3 Å². The molecule has 0 saturated carbocycles. The molecule has 2 rings (SSSR count). The van der Waals surface area contributed by atoms with Crippen molar-refractivity contribution >= 4 is 18.0 Å². The first-order valence-electron chi connectivity index (χ1n) is 5.94. The smallest absolute Gasteiger partial charge is 0.302 e. The molecule has 1 atom stereocenters. The second kappa shape index (κ2) is 6.26. The molecule has 7 heteroatoms. The van der Waals surface area contributed by atoms with Crippen molar-refractivity contribution in [3.8, 4) is 0 Å². The van der Waals surface area contributed by atoms with E-state index in [4.69, 9.17) is 0 Å². The number of benzene rings is 1. The highest BCUT2D eigenvalue weighted by atomic mass is 32.2. The Bertz CT molecular complexity index is 629. The minimum Gasteiger partial charge on any atom is -0.302 e. The summed E-state index contributed by atoms with van der Waals surface area (Å²) < 4.78 is 38.2. The number of carbonyl (C=O) groups is 1. The summed E-state index contributed by atoms with van der Waals surface area (Å²) in [7, 11) is 0. The maximum Gasteiger partial charge on any atom is 0.416 e. The van der Waals surface area contributed by atoms with Crippen LogP contribution in [0.25, 0.3) is 0 Å². The third-order valence-corrected chi connectivity index (χ3v) is 3.47. The van der Waals surface area contributed by atoms with Crippen LogP contribution in [0.3, 0.4) is 0 Å².